The first-order valence-corrected chi connectivity index (χ1v) is 7.71. The molecular formula is C13H18ClNOS. The van der Waals surface area contributed by atoms with E-state index in [0.29, 0.717) is 16.7 Å². The van der Waals surface area contributed by atoms with Crippen LogP contribution in [0.2, 0.25) is 5.02 Å². The maximum atomic E-state index is 12.3. The van der Waals surface area contributed by atoms with Crippen LogP contribution in [-0.2, 0) is 16.6 Å². The summed E-state index contributed by atoms with van der Waals surface area (Å²) in [6.07, 6.45) is 1.96. The molecule has 0 aliphatic heterocycles. The van der Waals surface area contributed by atoms with Gasteiger partial charge in [0.25, 0.3) is 0 Å². The SMILES string of the molecule is CC1C(N)CCC1S(=O)Cc1ccccc1Cl. The van der Waals surface area contributed by atoms with Crippen LogP contribution >= 0.6 is 11.6 Å². The van der Waals surface area contributed by atoms with E-state index in [0.717, 1.165) is 18.4 Å². The Balaban J connectivity index is 2.05. The molecule has 94 valence electrons. The molecule has 1 saturated carbocycles. The average molecular weight is 272 g/mol. The Morgan fingerprint density at radius 1 is 1.41 bits per heavy atom. The molecule has 0 amide bonds. The van der Waals surface area contributed by atoms with Gasteiger partial charge in [-0.25, -0.2) is 0 Å². The second-order valence-corrected chi connectivity index (χ2v) is 6.82. The van der Waals surface area contributed by atoms with Crippen LogP contribution in [0.5, 0.6) is 0 Å². The lowest BCUT2D eigenvalue weighted by Crippen LogP contribution is -2.30. The van der Waals surface area contributed by atoms with Crippen LogP contribution in [0.1, 0.15) is 25.3 Å². The fraction of sp³-hybridized carbons (Fsp3) is 0.538. The summed E-state index contributed by atoms with van der Waals surface area (Å²) in [4.78, 5) is 0. The fourth-order valence-corrected chi connectivity index (χ4v) is 4.54. The van der Waals surface area contributed by atoms with Crippen LogP contribution in [0.25, 0.3) is 0 Å². The molecule has 2 N–H and O–H groups in total. The van der Waals surface area contributed by atoms with E-state index in [2.05, 4.69) is 6.92 Å². The molecule has 4 atom stereocenters. The van der Waals surface area contributed by atoms with E-state index in [1.807, 2.05) is 24.3 Å². The molecule has 1 aromatic rings. The molecule has 4 unspecified atom stereocenters. The van der Waals surface area contributed by atoms with Crippen molar-refractivity contribution in [2.45, 2.75) is 36.8 Å². The first-order valence-electron chi connectivity index (χ1n) is 5.95. The summed E-state index contributed by atoms with van der Waals surface area (Å²) in [6.45, 7) is 2.10. The average Bonchev–Trinajstić information content (AvgIpc) is 2.63. The topological polar surface area (TPSA) is 43.1 Å². The molecule has 2 nitrogen and oxygen atoms in total. The maximum Gasteiger partial charge on any atom is 0.0503 e. The van der Waals surface area contributed by atoms with Crippen LogP contribution in [-0.4, -0.2) is 15.5 Å². The maximum absolute atomic E-state index is 12.3. The Morgan fingerprint density at radius 3 is 2.71 bits per heavy atom. The van der Waals surface area contributed by atoms with Gasteiger partial charge in [0.1, 0.15) is 0 Å². The van der Waals surface area contributed by atoms with Crippen molar-refractivity contribution < 1.29 is 4.21 Å². The summed E-state index contributed by atoms with van der Waals surface area (Å²) in [7, 11) is -0.872. The molecule has 0 bridgehead atoms. The Bertz CT molecular complexity index is 424. The smallest absolute Gasteiger partial charge is 0.0503 e. The summed E-state index contributed by atoms with van der Waals surface area (Å²) in [5, 5.41) is 0.928. The first-order chi connectivity index (χ1) is 8.09. The molecule has 0 aromatic heterocycles. The molecule has 1 aliphatic rings. The molecule has 0 saturated heterocycles. The van der Waals surface area contributed by atoms with Crippen molar-refractivity contribution >= 4 is 22.4 Å². The minimum absolute atomic E-state index is 0.204. The molecule has 0 radical (unpaired) electrons. The lowest BCUT2D eigenvalue weighted by Gasteiger charge is -2.17. The highest BCUT2D eigenvalue weighted by Crippen LogP contribution is 2.30. The normalized spacial score (nSPS) is 30.4. The molecule has 0 heterocycles. The summed E-state index contributed by atoms with van der Waals surface area (Å²) in [5.74, 6) is 0.889. The zero-order chi connectivity index (χ0) is 12.4. The van der Waals surface area contributed by atoms with Crippen molar-refractivity contribution in [1.29, 1.82) is 0 Å². The third-order valence-corrected chi connectivity index (χ3v) is 5.94. The first kappa shape index (κ1) is 13.1. The monoisotopic (exact) mass is 271 g/mol. The summed E-state index contributed by atoms with van der Waals surface area (Å²) >= 11 is 6.08. The van der Waals surface area contributed by atoms with E-state index in [1.54, 1.807) is 0 Å². The molecule has 0 spiro atoms. The van der Waals surface area contributed by atoms with E-state index in [4.69, 9.17) is 17.3 Å². The van der Waals surface area contributed by atoms with Crippen molar-refractivity contribution in [2.75, 3.05) is 0 Å². The van der Waals surface area contributed by atoms with E-state index < -0.39 is 10.8 Å². The van der Waals surface area contributed by atoms with Gasteiger partial charge in [-0.05, 0) is 30.4 Å². The second kappa shape index (κ2) is 5.51. The summed E-state index contributed by atoms with van der Waals surface area (Å²) in [5.41, 5.74) is 6.94. The van der Waals surface area contributed by atoms with Gasteiger partial charge in [0.05, 0.1) is 5.75 Å². The van der Waals surface area contributed by atoms with Crippen LogP contribution in [0.3, 0.4) is 0 Å². The lowest BCUT2D eigenvalue weighted by molar-refractivity contribution is 0.526. The second-order valence-electron chi connectivity index (χ2n) is 4.76. The predicted octanol–water partition coefficient (Wildman–Crippen LogP) is 2.71. The van der Waals surface area contributed by atoms with Gasteiger partial charge < -0.3 is 5.73 Å². The standard InChI is InChI=1S/C13H18ClNOS/c1-9-12(15)6-7-13(9)17(16)8-10-4-2-3-5-11(10)14/h2-5,9,12-13H,6-8,15H2,1H3. The lowest BCUT2D eigenvalue weighted by atomic mass is 10.1. The van der Waals surface area contributed by atoms with Gasteiger partial charge in [0.2, 0.25) is 0 Å². The van der Waals surface area contributed by atoms with Crippen LogP contribution in [0.15, 0.2) is 24.3 Å². The van der Waals surface area contributed by atoms with Crippen LogP contribution in [0, 0.1) is 5.92 Å². The van der Waals surface area contributed by atoms with Crippen molar-refractivity contribution in [3.05, 3.63) is 34.9 Å². The molecule has 17 heavy (non-hydrogen) atoms. The van der Waals surface area contributed by atoms with Gasteiger partial charge in [-0.3, -0.25) is 4.21 Å². The van der Waals surface area contributed by atoms with Crippen LogP contribution < -0.4 is 5.73 Å². The van der Waals surface area contributed by atoms with Crippen molar-refractivity contribution in [3.63, 3.8) is 0 Å². The van der Waals surface area contributed by atoms with E-state index >= 15 is 0 Å². The number of nitrogens with two attached hydrogens (primary N) is 1. The number of halogens is 1. The highest BCUT2D eigenvalue weighted by molar-refractivity contribution is 7.84. The zero-order valence-electron chi connectivity index (χ0n) is 9.93. The number of hydrogen-bond donors (Lipinski definition) is 1. The summed E-state index contributed by atoms with van der Waals surface area (Å²) in [6, 6.07) is 7.82. The van der Waals surface area contributed by atoms with Gasteiger partial charge in [-0.1, -0.05) is 36.7 Å². The van der Waals surface area contributed by atoms with Gasteiger partial charge in [-0.2, -0.15) is 0 Å². The molecule has 4 heteroatoms. The van der Waals surface area contributed by atoms with Crippen molar-refractivity contribution in [3.8, 4) is 0 Å². The van der Waals surface area contributed by atoms with Crippen molar-refractivity contribution in [1.82, 2.24) is 0 Å². The van der Waals surface area contributed by atoms with E-state index in [1.165, 1.54) is 0 Å². The number of rotatable bonds is 3. The Labute approximate surface area is 110 Å². The Kier molecular flexibility index (Phi) is 4.23. The largest absolute Gasteiger partial charge is 0.327 e. The predicted molar refractivity (Wildman–Crippen MR) is 73.5 cm³/mol. The summed E-state index contributed by atoms with van der Waals surface area (Å²) < 4.78 is 12.3. The van der Waals surface area contributed by atoms with E-state index in [-0.39, 0.29) is 11.3 Å². The fourth-order valence-electron chi connectivity index (χ4n) is 2.40. The van der Waals surface area contributed by atoms with Crippen molar-refractivity contribution in [2.24, 2.45) is 11.7 Å². The van der Waals surface area contributed by atoms with Gasteiger partial charge >= 0.3 is 0 Å². The van der Waals surface area contributed by atoms with Gasteiger partial charge in [0.15, 0.2) is 0 Å². The van der Waals surface area contributed by atoms with Gasteiger partial charge in [-0.15, -0.1) is 0 Å². The highest BCUT2D eigenvalue weighted by atomic mass is 35.5. The molecule has 1 aromatic carbocycles. The molecule has 2 rings (SSSR count). The third-order valence-electron chi connectivity index (χ3n) is 3.64. The Morgan fingerprint density at radius 2 is 2.12 bits per heavy atom. The quantitative estimate of drug-likeness (QED) is 0.919. The zero-order valence-corrected chi connectivity index (χ0v) is 11.5. The highest BCUT2D eigenvalue weighted by Gasteiger charge is 2.34. The molecule has 1 fully saturated rings. The molecular weight excluding hydrogens is 254 g/mol. The van der Waals surface area contributed by atoms with Crippen LogP contribution in [0.4, 0.5) is 0 Å². The number of hydrogen-bond acceptors (Lipinski definition) is 2. The Hall–Kier alpha value is -0.380. The third kappa shape index (κ3) is 2.90. The number of benzene rings is 1. The van der Waals surface area contributed by atoms with Gasteiger partial charge in [0, 0.05) is 27.1 Å². The molecule has 1 aliphatic carbocycles. The minimum Gasteiger partial charge on any atom is -0.327 e. The minimum atomic E-state index is -0.872. The van der Waals surface area contributed by atoms with E-state index in [9.17, 15) is 4.21 Å².